The van der Waals surface area contributed by atoms with Gasteiger partial charge in [-0.05, 0) is 55.8 Å². The molecule has 0 aliphatic carbocycles. The fourth-order valence-corrected chi connectivity index (χ4v) is 3.72. The summed E-state index contributed by atoms with van der Waals surface area (Å²) in [7, 11) is 1.67. The molecule has 4 heteroatoms. The maximum atomic E-state index is 5.94. The van der Waals surface area contributed by atoms with Crippen molar-refractivity contribution in [2.75, 3.05) is 7.11 Å². The van der Waals surface area contributed by atoms with Gasteiger partial charge >= 0.3 is 0 Å². The summed E-state index contributed by atoms with van der Waals surface area (Å²) in [4.78, 5) is 8.44. The Labute approximate surface area is 145 Å². The Bertz CT molecular complexity index is 1160. The van der Waals surface area contributed by atoms with Crippen LogP contribution in [0.4, 0.5) is 0 Å². The number of aromatic amines is 1. The summed E-state index contributed by atoms with van der Waals surface area (Å²) in [6, 6.07) is 12.3. The third kappa shape index (κ3) is 1.97. The number of fused-ring (bicyclic) bond motifs is 6. The number of pyridine rings is 1. The molecule has 0 fully saturated rings. The molecule has 1 N–H and O–H groups in total. The highest BCUT2D eigenvalue weighted by atomic mass is 16.5. The minimum Gasteiger partial charge on any atom is -0.497 e. The molecule has 5 rings (SSSR count). The van der Waals surface area contributed by atoms with E-state index in [1.54, 1.807) is 7.11 Å². The number of ether oxygens (including phenoxy) is 2. The average molecular weight is 330 g/mol. The van der Waals surface area contributed by atoms with Gasteiger partial charge in [-0.25, -0.2) is 4.98 Å². The van der Waals surface area contributed by atoms with Crippen LogP contribution in [0, 0.1) is 13.8 Å². The second-order valence-corrected chi connectivity index (χ2v) is 6.58. The van der Waals surface area contributed by atoms with Crippen LogP contribution < -0.4 is 9.47 Å². The second-order valence-electron chi connectivity index (χ2n) is 6.58. The van der Waals surface area contributed by atoms with Gasteiger partial charge in [0.2, 0.25) is 0 Å². The number of aromatic nitrogens is 2. The molecule has 0 atom stereocenters. The van der Waals surface area contributed by atoms with Gasteiger partial charge in [-0.15, -0.1) is 0 Å². The number of hydrogen-bond acceptors (Lipinski definition) is 3. The predicted molar refractivity (Wildman–Crippen MR) is 99.4 cm³/mol. The van der Waals surface area contributed by atoms with Crippen LogP contribution in [0.25, 0.3) is 33.1 Å². The molecule has 2 aromatic heterocycles. The van der Waals surface area contributed by atoms with E-state index in [-0.39, 0.29) is 0 Å². The van der Waals surface area contributed by atoms with Gasteiger partial charge in [0.15, 0.2) is 0 Å². The van der Waals surface area contributed by atoms with Crippen LogP contribution in [0.2, 0.25) is 0 Å². The number of nitrogens with zero attached hydrogens (tertiary/aromatic N) is 1. The molecule has 0 saturated carbocycles. The first-order valence-corrected chi connectivity index (χ1v) is 8.38. The molecule has 0 unspecified atom stereocenters. The molecule has 3 heterocycles. The number of methoxy groups -OCH3 is 1. The topological polar surface area (TPSA) is 47.1 Å². The summed E-state index contributed by atoms with van der Waals surface area (Å²) < 4.78 is 11.3. The molecule has 25 heavy (non-hydrogen) atoms. The van der Waals surface area contributed by atoms with Gasteiger partial charge in [0.1, 0.15) is 18.1 Å². The highest BCUT2D eigenvalue weighted by Gasteiger charge is 2.21. The van der Waals surface area contributed by atoms with Crippen molar-refractivity contribution in [3.63, 3.8) is 0 Å². The number of nitrogens with one attached hydrogen (secondary N) is 1. The van der Waals surface area contributed by atoms with Crippen LogP contribution in [0.15, 0.2) is 36.4 Å². The van der Waals surface area contributed by atoms with Crippen molar-refractivity contribution < 1.29 is 9.47 Å². The molecule has 0 saturated heterocycles. The minimum absolute atomic E-state index is 0.538. The first-order valence-electron chi connectivity index (χ1n) is 8.38. The number of aryl methyl sites for hydroxylation is 2. The van der Waals surface area contributed by atoms with E-state index in [4.69, 9.17) is 14.5 Å². The third-order valence-electron chi connectivity index (χ3n) is 5.16. The summed E-state index contributed by atoms with van der Waals surface area (Å²) >= 11 is 0. The molecule has 0 amide bonds. The molecule has 2 aromatic carbocycles. The van der Waals surface area contributed by atoms with Crippen molar-refractivity contribution in [2.24, 2.45) is 0 Å². The SMILES string of the molecule is COc1ccc2c(c1)-c1nc3ccc4[nH]c(C)c(C)c4c3cc1CO2. The molecule has 4 nitrogen and oxygen atoms in total. The van der Waals surface area contributed by atoms with E-state index in [0.717, 1.165) is 39.4 Å². The van der Waals surface area contributed by atoms with Gasteiger partial charge in [-0.3, -0.25) is 0 Å². The Hall–Kier alpha value is -3.01. The van der Waals surface area contributed by atoms with Crippen LogP contribution in [0.3, 0.4) is 0 Å². The van der Waals surface area contributed by atoms with Crippen molar-refractivity contribution >= 4 is 21.8 Å². The Morgan fingerprint density at radius 3 is 2.84 bits per heavy atom. The zero-order valence-corrected chi connectivity index (χ0v) is 14.4. The largest absolute Gasteiger partial charge is 0.497 e. The predicted octanol–water partition coefficient (Wildman–Crippen LogP) is 4.90. The Morgan fingerprint density at radius 2 is 2.00 bits per heavy atom. The summed E-state index contributed by atoms with van der Waals surface area (Å²) in [5.41, 5.74) is 7.72. The molecular weight excluding hydrogens is 312 g/mol. The number of hydrogen-bond donors (Lipinski definition) is 1. The number of rotatable bonds is 1. The van der Waals surface area contributed by atoms with E-state index in [2.05, 4.69) is 37.0 Å². The normalized spacial score (nSPS) is 12.8. The molecule has 124 valence electrons. The van der Waals surface area contributed by atoms with E-state index >= 15 is 0 Å². The van der Waals surface area contributed by atoms with Crippen LogP contribution >= 0.6 is 0 Å². The molecule has 0 radical (unpaired) electrons. The van der Waals surface area contributed by atoms with Gasteiger partial charge in [-0.1, -0.05) is 0 Å². The highest BCUT2D eigenvalue weighted by molar-refractivity contribution is 6.08. The van der Waals surface area contributed by atoms with Crippen LogP contribution in [0.5, 0.6) is 11.5 Å². The van der Waals surface area contributed by atoms with E-state index in [0.29, 0.717) is 6.61 Å². The van der Waals surface area contributed by atoms with Crippen molar-refractivity contribution in [2.45, 2.75) is 20.5 Å². The lowest BCUT2D eigenvalue weighted by atomic mass is 9.98. The first kappa shape index (κ1) is 14.3. The lowest BCUT2D eigenvalue weighted by molar-refractivity contribution is 0.301. The highest BCUT2D eigenvalue weighted by Crippen LogP contribution is 2.41. The smallest absolute Gasteiger partial charge is 0.129 e. The quantitative estimate of drug-likeness (QED) is 0.540. The molecule has 4 aromatic rings. The maximum absolute atomic E-state index is 5.94. The molecule has 1 aliphatic rings. The van der Waals surface area contributed by atoms with Crippen LogP contribution in [-0.4, -0.2) is 17.1 Å². The van der Waals surface area contributed by atoms with Gasteiger partial charge in [-0.2, -0.15) is 0 Å². The molecule has 0 bridgehead atoms. The number of benzene rings is 2. The summed E-state index contributed by atoms with van der Waals surface area (Å²) in [6.07, 6.45) is 0. The Morgan fingerprint density at radius 1 is 1.12 bits per heavy atom. The first-order chi connectivity index (χ1) is 12.2. The van der Waals surface area contributed by atoms with Gasteiger partial charge < -0.3 is 14.5 Å². The third-order valence-corrected chi connectivity index (χ3v) is 5.16. The standard InChI is InChI=1S/C21H18N2O2/c1-11-12(2)22-18-6-5-17-15(20(11)18)8-13-10-25-19-7-4-14(24-3)9-16(19)21(13)23-17/h4-9,22H,10H2,1-3H3. The van der Waals surface area contributed by atoms with E-state index in [1.807, 2.05) is 18.2 Å². The van der Waals surface area contributed by atoms with Gasteiger partial charge in [0.05, 0.1) is 18.3 Å². The van der Waals surface area contributed by atoms with E-state index in [9.17, 15) is 0 Å². The van der Waals surface area contributed by atoms with Gasteiger partial charge in [0.25, 0.3) is 0 Å². The average Bonchev–Trinajstić information content (AvgIpc) is 2.94. The van der Waals surface area contributed by atoms with Crippen LogP contribution in [-0.2, 0) is 6.61 Å². The Balaban J connectivity index is 1.84. The number of H-pyrrole nitrogens is 1. The zero-order chi connectivity index (χ0) is 17.1. The summed E-state index contributed by atoms with van der Waals surface area (Å²) in [6.45, 7) is 4.80. The lowest BCUT2D eigenvalue weighted by Crippen LogP contribution is -2.07. The van der Waals surface area contributed by atoms with Crippen molar-refractivity contribution in [1.82, 2.24) is 9.97 Å². The Kier molecular flexibility index (Phi) is 2.86. The van der Waals surface area contributed by atoms with E-state index < -0.39 is 0 Å². The molecule has 1 aliphatic heterocycles. The monoisotopic (exact) mass is 330 g/mol. The van der Waals surface area contributed by atoms with E-state index in [1.165, 1.54) is 22.0 Å². The van der Waals surface area contributed by atoms with Crippen LogP contribution in [0.1, 0.15) is 16.8 Å². The zero-order valence-electron chi connectivity index (χ0n) is 14.4. The van der Waals surface area contributed by atoms with Crippen molar-refractivity contribution in [1.29, 1.82) is 0 Å². The fourth-order valence-electron chi connectivity index (χ4n) is 3.72. The summed E-state index contributed by atoms with van der Waals surface area (Å²) in [5, 5.41) is 2.43. The molecular formula is C21H18N2O2. The van der Waals surface area contributed by atoms with Crippen molar-refractivity contribution in [3.05, 3.63) is 53.2 Å². The maximum Gasteiger partial charge on any atom is 0.129 e. The minimum atomic E-state index is 0.538. The lowest BCUT2D eigenvalue weighted by Gasteiger charge is -2.21. The molecule has 0 spiro atoms. The van der Waals surface area contributed by atoms with Crippen molar-refractivity contribution in [3.8, 4) is 22.8 Å². The summed E-state index contributed by atoms with van der Waals surface area (Å²) in [5.74, 6) is 1.67. The fraction of sp³-hybridized carbons (Fsp3) is 0.190. The van der Waals surface area contributed by atoms with Gasteiger partial charge in [0, 0.05) is 33.1 Å². The second kappa shape index (κ2) is 4.99.